The van der Waals surface area contributed by atoms with Crippen molar-refractivity contribution < 1.29 is 9.53 Å². The number of methoxy groups -OCH3 is 1. The molecular weight excluding hydrogens is 262 g/mol. The number of nitrogens with two attached hydrogens (primary N) is 1. The van der Waals surface area contributed by atoms with Gasteiger partial charge in [-0.15, -0.1) is 11.3 Å². The molecule has 2 rings (SSSR count). The zero-order valence-electron chi connectivity index (χ0n) is 10.8. The molecule has 1 aromatic carbocycles. The third-order valence-electron chi connectivity index (χ3n) is 2.60. The molecule has 0 saturated heterocycles. The molecule has 0 atom stereocenters. The van der Waals surface area contributed by atoms with Crippen molar-refractivity contribution in [2.45, 2.75) is 13.5 Å². The summed E-state index contributed by atoms with van der Waals surface area (Å²) in [5.74, 6) is 0.498. The maximum atomic E-state index is 11.9. The number of carbonyl (C=O) groups excluding carboxylic acids is 1. The molecule has 3 N–H and O–H groups in total. The van der Waals surface area contributed by atoms with Crippen LogP contribution < -0.4 is 15.8 Å². The summed E-state index contributed by atoms with van der Waals surface area (Å²) in [6.45, 7) is 2.21. The van der Waals surface area contributed by atoms with Crippen molar-refractivity contribution in [2.24, 2.45) is 0 Å². The Morgan fingerprint density at radius 1 is 1.53 bits per heavy atom. The predicted molar refractivity (Wildman–Crippen MR) is 75.4 cm³/mol. The SMILES string of the molecule is COc1ccc(N)cc1CNC(=O)c1csc(C)n1. The number of carbonyl (C=O) groups is 1. The van der Waals surface area contributed by atoms with E-state index in [0.29, 0.717) is 23.7 Å². The zero-order chi connectivity index (χ0) is 13.8. The van der Waals surface area contributed by atoms with Crippen LogP contribution in [0, 0.1) is 6.92 Å². The molecule has 19 heavy (non-hydrogen) atoms. The molecule has 0 aliphatic heterocycles. The van der Waals surface area contributed by atoms with Crippen molar-refractivity contribution in [3.8, 4) is 5.75 Å². The lowest BCUT2D eigenvalue weighted by molar-refractivity contribution is 0.0946. The van der Waals surface area contributed by atoms with E-state index in [4.69, 9.17) is 10.5 Å². The Kier molecular flexibility index (Phi) is 4.01. The number of amides is 1. The van der Waals surface area contributed by atoms with Crippen LogP contribution in [-0.4, -0.2) is 18.0 Å². The summed E-state index contributed by atoms with van der Waals surface area (Å²) in [5.41, 5.74) is 7.63. The van der Waals surface area contributed by atoms with Gasteiger partial charge in [0.15, 0.2) is 0 Å². The predicted octanol–water partition coefficient (Wildman–Crippen LogP) is 1.97. The monoisotopic (exact) mass is 277 g/mol. The molecule has 0 saturated carbocycles. The number of nitrogen functional groups attached to an aromatic ring is 1. The lowest BCUT2D eigenvalue weighted by Crippen LogP contribution is -2.23. The van der Waals surface area contributed by atoms with Gasteiger partial charge in [0.05, 0.1) is 12.1 Å². The minimum atomic E-state index is -0.200. The Hall–Kier alpha value is -2.08. The van der Waals surface area contributed by atoms with Crippen molar-refractivity contribution >= 4 is 22.9 Å². The summed E-state index contributed by atoms with van der Waals surface area (Å²) >= 11 is 1.45. The highest BCUT2D eigenvalue weighted by Crippen LogP contribution is 2.20. The Morgan fingerprint density at radius 2 is 2.32 bits per heavy atom. The van der Waals surface area contributed by atoms with Gasteiger partial charge in [-0.25, -0.2) is 4.98 Å². The summed E-state index contributed by atoms with van der Waals surface area (Å²) in [7, 11) is 1.58. The maximum Gasteiger partial charge on any atom is 0.271 e. The fourth-order valence-electron chi connectivity index (χ4n) is 1.67. The number of ether oxygens (including phenoxy) is 1. The molecular formula is C13H15N3O2S. The van der Waals surface area contributed by atoms with Crippen LogP contribution in [-0.2, 0) is 6.54 Å². The lowest BCUT2D eigenvalue weighted by Gasteiger charge is -2.10. The largest absolute Gasteiger partial charge is 0.496 e. The number of hydrogen-bond acceptors (Lipinski definition) is 5. The highest BCUT2D eigenvalue weighted by Gasteiger charge is 2.10. The molecule has 1 heterocycles. The lowest BCUT2D eigenvalue weighted by atomic mass is 10.1. The molecule has 0 fully saturated rings. The molecule has 0 spiro atoms. The molecule has 0 radical (unpaired) electrons. The van der Waals surface area contributed by atoms with Crippen molar-refractivity contribution in [1.82, 2.24) is 10.3 Å². The van der Waals surface area contributed by atoms with E-state index in [-0.39, 0.29) is 5.91 Å². The Morgan fingerprint density at radius 3 is 2.95 bits per heavy atom. The summed E-state index contributed by atoms with van der Waals surface area (Å²) in [6.07, 6.45) is 0. The van der Waals surface area contributed by atoms with E-state index in [1.165, 1.54) is 11.3 Å². The van der Waals surface area contributed by atoms with E-state index in [0.717, 1.165) is 10.6 Å². The summed E-state index contributed by atoms with van der Waals surface area (Å²) < 4.78 is 5.22. The highest BCUT2D eigenvalue weighted by atomic mass is 32.1. The second-order valence-corrected chi connectivity index (χ2v) is 5.07. The van der Waals surface area contributed by atoms with Gasteiger partial charge in [-0.3, -0.25) is 4.79 Å². The number of hydrogen-bond donors (Lipinski definition) is 2. The fourth-order valence-corrected chi connectivity index (χ4v) is 2.26. The van der Waals surface area contributed by atoms with Gasteiger partial charge >= 0.3 is 0 Å². The average Bonchev–Trinajstić information content (AvgIpc) is 2.83. The third-order valence-corrected chi connectivity index (χ3v) is 3.37. The number of nitrogens with zero attached hydrogens (tertiary/aromatic N) is 1. The van der Waals surface area contributed by atoms with E-state index in [9.17, 15) is 4.79 Å². The second-order valence-electron chi connectivity index (χ2n) is 4.01. The van der Waals surface area contributed by atoms with Crippen LogP contribution in [0.2, 0.25) is 0 Å². The number of thiazole rings is 1. The normalized spacial score (nSPS) is 10.2. The third kappa shape index (κ3) is 3.23. The van der Waals surface area contributed by atoms with Crippen molar-refractivity contribution in [2.75, 3.05) is 12.8 Å². The molecule has 100 valence electrons. The quantitative estimate of drug-likeness (QED) is 0.838. The van der Waals surface area contributed by atoms with Gasteiger partial charge in [-0.2, -0.15) is 0 Å². The summed E-state index contributed by atoms with van der Waals surface area (Å²) in [6, 6.07) is 5.32. The maximum absolute atomic E-state index is 11.9. The van der Waals surface area contributed by atoms with Crippen LogP contribution in [0.5, 0.6) is 5.75 Å². The van der Waals surface area contributed by atoms with E-state index in [1.807, 2.05) is 6.92 Å². The van der Waals surface area contributed by atoms with E-state index < -0.39 is 0 Å². The molecule has 6 heteroatoms. The molecule has 0 aliphatic rings. The van der Waals surface area contributed by atoms with Gasteiger partial charge in [0, 0.05) is 23.2 Å². The van der Waals surface area contributed by atoms with E-state index >= 15 is 0 Å². The number of aryl methyl sites for hydroxylation is 1. The van der Waals surface area contributed by atoms with Gasteiger partial charge < -0.3 is 15.8 Å². The molecule has 1 aromatic heterocycles. The summed E-state index contributed by atoms with van der Waals surface area (Å²) in [5, 5.41) is 5.40. The first-order chi connectivity index (χ1) is 9.10. The first-order valence-electron chi connectivity index (χ1n) is 5.73. The van der Waals surface area contributed by atoms with Gasteiger partial charge in [-0.05, 0) is 25.1 Å². The molecule has 0 aliphatic carbocycles. The summed E-state index contributed by atoms with van der Waals surface area (Å²) in [4.78, 5) is 16.0. The Labute approximate surface area is 115 Å². The van der Waals surface area contributed by atoms with Crippen molar-refractivity contribution in [1.29, 1.82) is 0 Å². The standard InChI is InChI=1S/C13H15N3O2S/c1-8-16-11(7-19-8)13(17)15-6-9-5-10(14)3-4-12(9)18-2/h3-5,7H,6,14H2,1-2H3,(H,15,17). The van der Waals surface area contributed by atoms with Crippen LogP contribution >= 0.6 is 11.3 Å². The second kappa shape index (κ2) is 5.71. The topological polar surface area (TPSA) is 77.2 Å². The number of benzene rings is 1. The molecule has 5 nitrogen and oxygen atoms in total. The molecule has 2 aromatic rings. The number of rotatable bonds is 4. The van der Waals surface area contributed by atoms with Gasteiger partial charge in [0.1, 0.15) is 11.4 Å². The van der Waals surface area contributed by atoms with Crippen molar-refractivity contribution in [3.05, 3.63) is 39.8 Å². The minimum absolute atomic E-state index is 0.200. The highest BCUT2D eigenvalue weighted by molar-refractivity contribution is 7.09. The van der Waals surface area contributed by atoms with Crippen LogP contribution in [0.3, 0.4) is 0 Å². The minimum Gasteiger partial charge on any atom is -0.496 e. The number of nitrogens with one attached hydrogen (secondary N) is 1. The van der Waals surface area contributed by atoms with Gasteiger partial charge in [-0.1, -0.05) is 0 Å². The van der Waals surface area contributed by atoms with Crippen LogP contribution in [0.4, 0.5) is 5.69 Å². The van der Waals surface area contributed by atoms with E-state index in [1.54, 1.807) is 30.7 Å². The number of aromatic nitrogens is 1. The van der Waals surface area contributed by atoms with Gasteiger partial charge in [0.2, 0.25) is 0 Å². The van der Waals surface area contributed by atoms with Crippen molar-refractivity contribution in [3.63, 3.8) is 0 Å². The van der Waals surface area contributed by atoms with E-state index in [2.05, 4.69) is 10.3 Å². The first-order valence-corrected chi connectivity index (χ1v) is 6.61. The van der Waals surface area contributed by atoms with Gasteiger partial charge in [0.25, 0.3) is 5.91 Å². The number of anilines is 1. The molecule has 0 bridgehead atoms. The van der Waals surface area contributed by atoms with Crippen LogP contribution in [0.1, 0.15) is 21.1 Å². The zero-order valence-corrected chi connectivity index (χ0v) is 11.6. The first kappa shape index (κ1) is 13.4. The Bertz CT molecular complexity index is 595. The fraction of sp³-hybridized carbons (Fsp3) is 0.231. The average molecular weight is 277 g/mol. The van der Waals surface area contributed by atoms with Crippen LogP contribution in [0.15, 0.2) is 23.6 Å². The molecule has 1 amide bonds. The Balaban J connectivity index is 2.06. The molecule has 0 unspecified atom stereocenters. The van der Waals surface area contributed by atoms with Crippen LogP contribution in [0.25, 0.3) is 0 Å². The smallest absolute Gasteiger partial charge is 0.271 e.